The molecule has 1 amide bonds. The van der Waals surface area contributed by atoms with E-state index < -0.39 is 28.9 Å². The lowest BCUT2D eigenvalue weighted by molar-refractivity contribution is -0.112. The van der Waals surface area contributed by atoms with Gasteiger partial charge in [0, 0.05) is 11.8 Å². The molecule has 0 aliphatic carbocycles. The minimum atomic E-state index is -1.13. The van der Waals surface area contributed by atoms with Gasteiger partial charge in [-0.05, 0) is 24.6 Å². The van der Waals surface area contributed by atoms with Crippen LogP contribution in [0.3, 0.4) is 0 Å². The quantitative estimate of drug-likeness (QED) is 0.381. The number of halogens is 2. The van der Waals surface area contributed by atoms with E-state index in [9.17, 15) is 18.7 Å². The number of carbonyl (C=O) groups excluding carboxylic acids is 1. The number of aliphatic hydroxyl groups excluding tert-OH is 1. The number of nitrogens with zero attached hydrogens (tertiary/aromatic N) is 1. The van der Waals surface area contributed by atoms with E-state index in [1.165, 1.54) is 13.0 Å². The average molecular weight is 264 g/mol. The number of amides is 1. The van der Waals surface area contributed by atoms with E-state index in [4.69, 9.17) is 5.26 Å². The summed E-state index contributed by atoms with van der Waals surface area (Å²) in [5.74, 6) is -3.68. The number of anilines is 1. The zero-order valence-electron chi connectivity index (χ0n) is 10.00. The van der Waals surface area contributed by atoms with Crippen molar-refractivity contribution in [2.45, 2.75) is 6.92 Å². The molecule has 19 heavy (non-hydrogen) atoms. The lowest BCUT2D eigenvalue weighted by Gasteiger charge is -2.06. The van der Waals surface area contributed by atoms with Gasteiger partial charge in [0.05, 0.1) is 0 Å². The van der Waals surface area contributed by atoms with Crippen LogP contribution in [0.4, 0.5) is 14.5 Å². The summed E-state index contributed by atoms with van der Waals surface area (Å²) < 4.78 is 25.6. The Bertz CT molecular complexity index is 616. The van der Waals surface area contributed by atoms with Crippen LogP contribution >= 0.6 is 0 Å². The highest BCUT2D eigenvalue weighted by molar-refractivity contribution is 6.07. The maximum atomic E-state index is 12.9. The van der Waals surface area contributed by atoms with Gasteiger partial charge in [-0.3, -0.25) is 4.79 Å². The van der Waals surface area contributed by atoms with Gasteiger partial charge in [0.1, 0.15) is 11.8 Å². The molecule has 98 valence electrons. The van der Waals surface area contributed by atoms with Gasteiger partial charge in [-0.2, -0.15) is 5.26 Å². The normalized spacial score (nSPS) is 11.3. The zero-order valence-corrected chi connectivity index (χ0v) is 10.00. The first-order valence-corrected chi connectivity index (χ1v) is 5.12. The maximum Gasteiger partial charge on any atom is 0.270 e. The van der Waals surface area contributed by atoms with Crippen molar-refractivity contribution in [1.82, 2.24) is 0 Å². The molecule has 6 heteroatoms. The Morgan fingerprint density at radius 2 is 2.05 bits per heavy atom. The number of carbonyl (C=O) groups is 1. The molecule has 0 unspecified atom stereocenters. The Morgan fingerprint density at radius 1 is 1.42 bits per heavy atom. The van der Waals surface area contributed by atoms with Gasteiger partial charge in [0.2, 0.25) is 0 Å². The van der Waals surface area contributed by atoms with E-state index in [0.717, 1.165) is 18.2 Å². The van der Waals surface area contributed by atoms with Crippen molar-refractivity contribution in [3.63, 3.8) is 0 Å². The smallest absolute Gasteiger partial charge is 0.270 e. The van der Waals surface area contributed by atoms with Crippen molar-refractivity contribution in [1.29, 1.82) is 5.26 Å². The van der Waals surface area contributed by atoms with Crippen LogP contribution in [0.2, 0.25) is 0 Å². The summed E-state index contributed by atoms with van der Waals surface area (Å²) in [5, 5.41) is 20.5. The van der Waals surface area contributed by atoms with Crippen LogP contribution in [0.1, 0.15) is 6.92 Å². The SMILES string of the molecule is C=C(C)C(O)=C(C#N)C(=O)Nc1ccc(F)c(F)c1. The molecule has 4 nitrogen and oxygen atoms in total. The highest BCUT2D eigenvalue weighted by atomic mass is 19.2. The minimum absolute atomic E-state index is 0.0360. The maximum absolute atomic E-state index is 12.9. The molecule has 0 atom stereocenters. The van der Waals surface area contributed by atoms with Crippen LogP contribution in [0.25, 0.3) is 0 Å². The summed E-state index contributed by atoms with van der Waals surface area (Å²) in [5.41, 5.74) is -0.458. The first kappa shape index (κ1) is 14.4. The standard InChI is InChI=1S/C13H10F2N2O2/c1-7(2)12(18)9(6-16)13(19)17-8-3-4-10(14)11(15)5-8/h3-5,18H,1H2,2H3,(H,17,19). The van der Waals surface area contributed by atoms with Crippen LogP contribution in [-0.2, 0) is 4.79 Å². The van der Waals surface area contributed by atoms with Crippen LogP contribution in [0.5, 0.6) is 0 Å². The molecule has 0 aliphatic rings. The molecule has 1 aromatic carbocycles. The first-order chi connectivity index (χ1) is 8.86. The lowest BCUT2D eigenvalue weighted by atomic mass is 10.1. The predicted molar refractivity (Wildman–Crippen MR) is 65.1 cm³/mol. The summed E-state index contributed by atoms with van der Waals surface area (Å²) >= 11 is 0. The summed E-state index contributed by atoms with van der Waals surface area (Å²) in [6.07, 6.45) is 0. The Kier molecular flexibility index (Phi) is 4.37. The molecule has 2 N–H and O–H groups in total. The first-order valence-electron chi connectivity index (χ1n) is 5.12. The summed E-state index contributed by atoms with van der Waals surface area (Å²) in [6, 6.07) is 4.24. The molecule has 0 saturated carbocycles. The van der Waals surface area contributed by atoms with Crippen molar-refractivity contribution >= 4 is 11.6 Å². The van der Waals surface area contributed by atoms with E-state index >= 15 is 0 Å². The molecule has 0 fully saturated rings. The number of nitrogens with one attached hydrogen (secondary N) is 1. The van der Waals surface area contributed by atoms with E-state index in [1.54, 1.807) is 0 Å². The Balaban J connectivity index is 3.02. The third-order valence-electron chi connectivity index (χ3n) is 2.16. The lowest BCUT2D eigenvalue weighted by Crippen LogP contribution is -2.16. The second-order valence-corrected chi connectivity index (χ2v) is 3.70. The van der Waals surface area contributed by atoms with Gasteiger partial charge in [-0.25, -0.2) is 8.78 Å². The molecule has 0 radical (unpaired) electrons. The summed E-state index contributed by atoms with van der Waals surface area (Å²) in [7, 11) is 0. The molecule has 0 heterocycles. The predicted octanol–water partition coefficient (Wildman–Crippen LogP) is 2.82. The van der Waals surface area contributed by atoms with Crippen molar-refractivity contribution in [2.24, 2.45) is 0 Å². The van der Waals surface area contributed by atoms with Crippen LogP contribution in [0.15, 0.2) is 41.7 Å². The van der Waals surface area contributed by atoms with Crippen LogP contribution in [-0.4, -0.2) is 11.0 Å². The van der Waals surface area contributed by atoms with Crippen molar-refractivity contribution in [3.05, 3.63) is 53.3 Å². The van der Waals surface area contributed by atoms with Crippen molar-refractivity contribution in [2.75, 3.05) is 5.32 Å². The molecular formula is C13H10F2N2O2. The number of allylic oxidation sites excluding steroid dienone is 1. The topological polar surface area (TPSA) is 73.1 Å². The van der Waals surface area contributed by atoms with E-state index in [1.807, 2.05) is 0 Å². The molecule has 1 rings (SSSR count). The second kappa shape index (κ2) is 5.78. The number of benzene rings is 1. The van der Waals surface area contributed by atoms with E-state index in [0.29, 0.717) is 0 Å². The molecular weight excluding hydrogens is 254 g/mol. The third-order valence-corrected chi connectivity index (χ3v) is 2.16. The Hall–Kier alpha value is -2.68. The fourth-order valence-corrected chi connectivity index (χ4v) is 1.19. The van der Waals surface area contributed by atoms with E-state index in [2.05, 4.69) is 11.9 Å². The number of nitriles is 1. The monoisotopic (exact) mass is 264 g/mol. The number of rotatable bonds is 3. The number of hydrogen-bond donors (Lipinski definition) is 2. The number of hydrogen-bond acceptors (Lipinski definition) is 3. The summed E-state index contributed by atoms with van der Waals surface area (Å²) in [4.78, 5) is 11.7. The molecule has 0 saturated heterocycles. The highest BCUT2D eigenvalue weighted by Crippen LogP contribution is 2.16. The average Bonchev–Trinajstić information content (AvgIpc) is 2.34. The van der Waals surface area contributed by atoms with Gasteiger partial charge in [0.15, 0.2) is 17.2 Å². The molecule has 0 spiro atoms. The fourth-order valence-electron chi connectivity index (χ4n) is 1.19. The molecule has 0 aliphatic heterocycles. The van der Waals surface area contributed by atoms with E-state index in [-0.39, 0.29) is 11.3 Å². The third kappa shape index (κ3) is 3.39. The zero-order chi connectivity index (χ0) is 14.6. The van der Waals surface area contributed by atoms with Crippen molar-refractivity contribution < 1.29 is 18.7 Å². The number of aliphatic hydroxyl groups is 1. The molecule has 1 aromatic rings. The Morgan fingerprint density at radius 3 is 2.53 bits per heavy atom. The van der Waals surface area contributed by atoms with Gasteiger partial charge in [-0.1, -0.05) is 6.58 Å². The largest absolute Gasteiger partial charge is 0.506 e. The molecule has 0 aromatic heterocycles. The Labute approximate surface area is 108 Å². The second-order valence-electron chi connectivity index (χ2n) is 3.70. The van der Waals surface area contributed by atoms with Crippen LogP contribution in [0, 0.1) is 23.0 Å². The van der Waals surface area contributed by atoms with Crippen molar-refractivity contribution in [3.8, 4) is 6.07 Å². The highest BCUT2D eigenvalue weighted by Gasteiger charge is 2.16. The van der Waals surface area contributed by atoms with Gasteiger partial charge < -0.3 is 10.4 Å². The van der Waals surface area contributed by atoms with Gasteiger partial charge in [-0.15, -0.1) is 0 Å². The van der Waals surface area contributed by atoms with Gasteiger partial charge >= 0.3 is 0 Å². The van der Waals surface area contributed by atoms with Crippen LogP contribution < -0.4 is 5.32 Å². The molecule has 0 bridgehead atoms. The summed E-state index contributed by atoms with van der Waals surface area (Å²) in [6.45, 7) is 4.80. The minimum Gasteiger partial charge on any atom is -0.506 e. The fraction of sp³-hybridized carbons (Fsp3) is 0.0769. The van der Waals surface area contributed by atoms with Gasteiger partial charge in [0.25, 0.3) is 5.91 Å².